The van der Waals surface area contributed by atoms with Gasteiger partial charge in [0.05, 0.1) is 0 Å². The lowest BCUT2D eigenvalue weighted by Gasteiger charge is -2.10. The third-order valence-electron chi connectivity index (χ3n) is 2.28. The van der Waals surface area contributed by atoms with Gasteiger partial charge >= 0.3 is 0 Å². The van der Waals surface area contributed by atoms with Crippen molar-refractivity contribution >= 4 is 5.82 Å². The van der Waals surface area contributed by atoms with Gasteiger partial charge in [0, 0.05) is 19.2 Å². The minimum absolute atomic E-state index is 0.494. The molecule has 0 aliphatic heterocycles. The second-order valence-electron chi connectivity index (χ2n) is 3.06. The summed E-state index contributed by atoms with van der Waals surface area (Å²) < 4.78 is 0. The van der Waals surface area contributed by atoms with Gasteiger partial charge in [0.2, 0.25) is 0 Å². The van der Waals surface area contributed by atoms with E-state index in [4.69, 9.17) is 0 Å². The maximum absolute atomic E-state index is 4.41. The van der Waals surface area contributed by atoms with Crippen LogP contribution in [-0.2, 0) is 0 Å². The van der Waals surface area contributed by atoms with Gasteiger partial charge in [-0.3, -0.25) is 0 Å². The van der Waals surface area contributed by atoms with Crippen LogP contribution in [0.3, 0.4) is 0 Å². The minimum atomic E-state index is 0.494. The van der Waals surface area contributed by atoms with Gasteiger partial charge in [0.1, 0.15) is 11.6 Å². The standard InChI is InChI=1S/C10H17N3/c1-4-8(5-2)10-12-7-6-9(11-3)13-10/h6-8H,4-5H2,1-3H3,(H,11,12,13). The first-order chi connectivity index (χ1) is 6.31. The Morgan fingerprint density at radius 1 is 1.38 bits per heavy atom. The van der Waals surface area contributed by atoms with E-state index in [2.05, 4.69) is 29.1 Å². The van der Waals surface area contributed by atoms with Crippen LogP contribution in [0, 0.1) is 0 Å². The number of rotatable bonds is 4. The van der Waals surface area contributed by atoms with Crippen molar-refractivity contribution < 1.29 is 0 Å². The molecule has 0 radical (unpaired) electrons. The summed E-state index contributed by atoms with van der Waals surface area (Å²) in [6, 6.07) is 1.88. The summed E-state index contributed by atoms with van der Waals surface area (Å²) >= 11 is 0. The molecule has 13 heavy (non-hydrogen) atoms. The average molecular weight is 179 g/mol. The molecule has 0 saturated heterocycles. The number of hydrogen-bond acceptors (Lipinski definition) is 3. The van der Waals surface area contributed by atoms with E-state index in [1.165, 1.54) is 0 Å². The Kier molecular flexibility index (Phi) is 3.68. The van der Waals surface area contributed by atoms with E-state index in [0.717, 1.165) is 24.5 Å². The summed E-state index contributed by atoms with van der Waals surface area (Å²) in [5, 5.41) is 3.02. The van der Waals surface area contributed by atoms with Gasteiger partial charge in [-0.1, -0.05) is 13.8 Å². The molecule has 0 spiro atoms. The molecule has 0 aromatic carbocycles. The van der Waals surface area contributed by atoms with E-state index in [1.54, 1.807) is 0 Å². The van der Waals surface area contributed by atoms with Gasteiger partial charge in [0.15, 0.2) is 0 Å². The molecule has 1 rings (SSSR count). The number of anilines is 1. The third kappa shape index (κ3) is 2.41. The number of nitrogens with zero attached hydrogens (tertiary/aromatic N) is 2. The van der Waals surface area contributed by atoms with Gasteiger partial charge < -0.3 is 5.32 Å². The van der Waals surface area contributed by atoms with Crippen LogP contribution in [0.4, 0.5) is 5.82 Å². The minimum Gasteiger partial charge on any atom is -0.373 e. The Morgan fingerprint density at radius 2 is 2.08 bits per heavy atom. The molecule has 1 heterocycles. The third-order valence-corrected chi connectivity index (χ3v) is 2.28. The lowest BCUT2D eigenvalue weighted by Crippen LogP contribution is -2.04. The SMILES string of the molecule is CCC(CC)c1nccc(NC)n1. The topological polar surface area (TPSA) is 37.8 Å². The van der Waals surface area contributed by atoms with Crippen LogP contribution in [0.5, 0.6) is 0 Å². The zero-order valence-electron chi connectivity index (χ0n) is 8.54. The van der Waals surface area contributed by atoms with Crippen molar-refractivity contribution in [2.75, 3.05) is 12.4 Å². The predicted molar refractivity (Wildman–Crippen MR) is 54.9 cm³/mol. The van der Waals surface area contributed by atoms with E-state index in [-0.39, 0.29) is 0 Å². The molecule has 72 valence electrons. The quantitative estimate of drug-likeness (QED) is 0.771. The Bertz CT molecular complexity index is 256. The molecule has 0 atom stereocenters. The molecule has 3 heteroatoms. The molecule has 0 aliphatic rings. The van der Waals surface area contributed by atoms with Crippen LogP contribution in [0.2, 0.25) is 0 Å². The Morgan fingerprint density at radius 3 is 2.62 bits per heavy atom. The molecular weight excluding hydrogens is 162 g/mol. The fourth-order valence-electron chi connectivity index (χ4n) is 1.36. The lowest BCUT2D eigenvalue weighted by atomic mass is 10.0. The molecule has 0 fully saturated rings. The molecule has 1 aromatic heterocycles. The molecule has 1 aromatic rings. The van der Waals surface area contributed by atoms with E-state index in [1.807, 2.05) is 19.3 Å². The fourth-order valence-corrected chi connectivity index (χ4v) is 1.36. The van der Waals surface area contributed by atoms with Gasteiger partial charge in [-0.15, -0.1) is 0 Å². The summed E-state index contributed by atoms with van der Waals surface area (Å²) in [5.74, 6) is 2.35. The maximum Gasteiger partial charge on any atom is 0.133 e. The number of hydrogen-bond donors (Lipinski definition) is 1. The van der Waals surface area contributed by atoms with Gasteiger partial charge in [-0.05, 0) is 18.9 Å². The molecule has 0 saturated carbocycles. The molecular formula is C10H17N3. The highest BCUT2D eigenvalue weighted by Gasteiger charge is 2.09. The van der Waals surface area contributed by atoms with Crippen molar-refractivity contribution in [3.8, 4) is 0 Å². The summed E-state index contributed by atoms with van der Waals surface area (Å²) in [5.41, 5.74) is 0. The molecule has 3 nitrogen and oxygen atoms in total. The van der Waals surface area contributed by atoms with E-state index in [9.17, 15) is 0 Å². The van der Waals surface area contributed by atoms with E-state index >= 15 is 0 Å². The normalized spacial score (nSPS) is 10.5. The summed E-state index contributed by atoms with van der Waals surface area (Å²) in [6.45, 7) is 4.34. The number of aromatic nitrogens is 2. The smallest absolute Gasteiger partial charge is 0.133 e. The molecule has 0 unspecified atom stereocenters. The van der Waals surface area contributed by atoms with Crippen LogP contribution in [-0.4, -0.2) is 17.0 Å². The second kappa shape index (κ2) is 4.80. The highest BCUT2D eigenvalue weighted by atomic mass is 15.0. The van der Waals surface area contributed by atoms with Crippen LogP contribution in [0.25, 0.3) is 0 Å². The Labute approximate surface area is 79.6 Å². The maximum atomic E-state index is 4.41. The van der Waals surface area contributed by atoms with Gasteiger partial charge in [-0.25, -0.2) is 9.97 Å². The highest BCUT2D eigenvalue weighted by Crippen LogP contribution is 2.19. The van der Waals surface area contributed by atoms with Crippen molar-refractivity contribution in [1.82, 2.24) is 9.97 Å². The van der Waals surface area contributed by atoms with Crippen LogP contribution < -0.4 is 5.32 Å². The second-order valence-corrected chi connectivity index (χ2v) is 3.06. The lowest BCUT2D eigenvalue weighted by molar-refractivity contribution is 0.602. The summed E-state index contributed by atoms with van der Waals surface area (Å²) in [7, 11) is 1.87. The van der Waals surface area contributed by atoms with Gasteiger partial charge in [-0.2, -0.15) is 0 Å². The largest absolute Gasteiger partial charge is 0.373 e. The van der Waals surface area contributed by atoms with Crippen molar-refractivity contribution in [1.29, 1.82) is 0 Å². The fraction of sp³-hybridized carbons (Fsp3) is 0.600. The van der Waals surface area contributed by atoms with Crippen molar-refractivity contribution in [2.45, 2.75) is 32.6 Å². The van der Waals surface area contributed by atoms with E-state index < -0.39 is 0 Å². The van der Waals surface area contributed by atoms with E-state index in [0.29, 0.717) is 5.92 Å². The molecule has 0 aliphatic carbocycles. The summed E-state index contributed by atoms with van der Waals surface area (Å²) in [6.07, 6.45) is 4.01. The molecule has 0 amide bonds. The first-order valence-corrected chi connectivity index (χ1v) is 4.82. The monoisotopic (exact) mass is 179 g/mol. The molecule has 1 N–H and O–H groups in total. The van der Waals surface area contributed by atoms with Crippen molar-refractivity contribution in [3.63, 3.8) is 0 Å². The zero-order chi connectivity index (χ0) is 9.68. The van der Waals surface area contributed by atoms with Crippen LogP contribution >= 0.6 is 0 Å². The Hall–Kier alpha value is -1.12. The molecule has 0 bridgehead atoms. The first kappa shape index (κ1) is 9.96. The first-order valence-electron chi connectivity index (χ1n) is 4.82. The summed E-state index contributed by atoms with van der Waals surface area (Å²) in [4.78, 5) is 8.69. The average Bonchev–Trinajstić information content (AvgIpc) is 2.20. The zero-order valence-corrected chi connectivity index (χ0v) is 8.54. The van der Waals surface area contributed by atoms with Crippen molar-refractivity contribution in [2.24, 2.45) is 0 Å². The van der Waals surface area contributed by atoms with Crippen molar-refractivity contribution in [3.05, 3.63) is 18.1 Å². The van der Waals surface area contributed by atoms with Gasteiger partial charge in [0.25, 0.3) is 0 Å². The van der Waals surface area contributed by atoms with Crippen LogP contribution in [0.1, 0.15) is 38.4 Å². The number of nitrogens with one attached hydrogen (secondary N) is 1. The highest BCUT2D eigenvalue weighted by molar-refractivity contribution is 5.32. The predicted octanol–water partition coefficient (Wildman–Crippen LogP) is 2.42. The Balaban J connectivity index is 2.86. The van der Waals surface area contributed by atoms with Crippen LogP contribution in [0.15, 0.2) is 12.3 Å².